The summed E-state index contributed by atoms with van der Waals surface area (Å²) in [6.45, 7) is 5.40. The van der Waals surface area contributed by atoms with Crippen LogP contribution in [0.4, 0.5) is 5.69 Å². The first-order valence-corrected chi connectivity index (χ1v) is 8.56. The number of hydrogen-bond donors (Lipinski definition) is 1. The highest BCUT2D eigenvalue weighted by molar-refractivity contribution is 6.06. The molecule has 1 fully saturated rings. The first-order valence-electron chi connectivity index (χ1n) is 8.56. The van der Waals surface area contributed by atoms with Crippen LogP contribution in [0.15, 0.2) is 35.0 Å². The van der Waals surface area contributed by atoms with Crippen molar-refractivity contribution in [2.24, 2.45) is 0 Å². The summed E-state index contributed by atoms with van der Waals surface area (Å²) in [7, 11) is 0. The standard InChI is InChI=1S/C19H21N3O3/c1-12-5-3-7-16-13(2)18(25-17(12)16)19(23)21-14-9-20-22(10-14)11-15-6-4-8-24-15/h3,5,7,9-10,15H,4,6,8,11H2,1-2H3,(H,21,23)/t15-/m0/s1. The monoisotopic (exact) mass is 339 g/mol. The summed E-state index contributed by atoms with van der Waals surface area (Å²) in [6, 6.07) is 5.91. The number of fused-ring (bicyclic) bond motifs is 1. The van der Waals surface area contributed by atoms with E-state index in [1.165, 1.54) is 0 Å². The molecule has 0 bridgehead atoms. The number of hydrogen-bond acceptors (Lipinski definition) is 4. The SMILES string of the molecule is Cc1c(C(=O)Nc2cnn(C[C@@H]3CCCO3)c2)oc2c(C)cccc12. The van der Waals surface area contributed by atoms with Crippen LogP contribution in [0.1, 0.15) is 34.5 Å². The number of anilines is 1. The van der Waals surface area contributed by atoms with E-state index in [0.29, 0.717) is 18.0 Å². The van der Waals surface area contributed by atoms with E-state index in [-0.39, 0.29) is 12.0 Å². The molecule has 0 spiro atoms. The number of aryl methyl sites for hydroxylation is 2. The number of amides is 1. The Labute approximate surface area is 145 Å². The Morgan fingerprint density at radius 2 is 2.28 bits per heavy atom. The van der Waals surface area contributed by atoms with Crippen molar-refractivity contribution in [2.75, 3.05) is 11.9 Å². The average Bonchev–Trinajstić information content (AvgIpc) is 3.31. The quantitative estimate of drug-likeness (QED) is 0.787. The molecule has 2 aromatic heterocycles. The predicted molar refractivity (Wildman–Crippen MR) is 94.8 cm³/mol. The summed E-state index contributed by atoms with van der Waals surface area (Å²) in [5, 5.41) is 8.14. The third kappa shape index (κ3) is 3.05. The molecule has 0 unspecified atom stereocenters. The Bertz CT molecular complexity index is 919. The maximum absolute atomic E-state index is 12.6. The zero-order valence-corrected chi connectivity index (χ0v) is 14.4. The van der Waals surface area contributed by atoms with Gasteiger partial charge in [-0.05, 0) is 32.3 Å². The van der Waals surface area contributed by atoms with Crippen molar-refractivity contribution in [3.05, 3.63) is 47.5 Å². The smallest absolute Gasteiger partial charge is 0.291 e. The predicted octanol–water partition coefficient (Wildman–Crippen LogP) is 3.68. The molecule has 1 saturated heterocycles. The molecule has 4 rings (SSSR count). The Balaban J connectivity index is 1.51. The second-order valence-corrected chi connectivity index (χ2v) is 6.55. The minimum absolute atomic E-state index is 0.212. The van der Waals surface area contributed by atoms with Gasteiger partial charge in [0, 0.05) is 23.8 Å². The number of benzene rings is 1. The first kappa shape index (κ1) is 15.9. The molecule has 6 nitrogen and oxygen atoms in total. The molecule has 1 aliphatic heterocycles. The van der Waals surface area contributed by atoms with E-state index >= 15 is 0 Å². The van der Waals surface area contributed by atoms with Crippen molar-refractivity contribution in [1.29, 1.82) is 0 Å². The Morgan fingerprint density at radius 1 is 1.40 bits per heavy atom. The highest BCUT2D eigenvalue weighted by Crippen LogP contribution is 2.28. The number of para-hydroxylation sites is 1. The van der Waals surface area contributed by atoms with Gasteiger partial charge in [0.05, 0.1) is 24.5 Å². The third-order valence-corrected chi connectivity index (χ3v) is 4.67. The van der Waals surface area contributed by atoms with Crippen molar-refractivity contribution in [1.82, 2.24) is 9.78 Å². The van der Waals surface area contributed by atoms with Gasteiger partial charge in [-0.1, -0.05) is 18.2 Å². The number of furan rings is 1. The van der Waals surface area contributed by atoms with E-state index in [1.807, 2.05) is 38.2 Å². The molecule has 1 aromatic carbocycles. The van der Waals surface area contributed by atoms with Gasteiger partial charge in [0.15, 0.2) is 5.76 Å². The van der Waals surface area contributed by atoms with E-state index in [2.05, 4.69) is 10.4 Å². The summed E-state index contributed by atoms with van der Waals surface area (Å²) in [5.74, 6) is 0.0842. The number of ether oxygens (including phenoxy) is 1. The molecule has 3 heterocycles. The van der Waals surface area contributed by atoms with Crippen LogP contribution in [0.25, 0.3) is 11.0 Å². The van der Waals surface area contributed by atoms with Crippen molar-refractivity contribution in [2.45, 2.75) is 39.3 Å². The average molecular weight is 339 g/mol. The molecule has 130 valence electrons. The van der Waals surface area contributed by atoms with Crippen LogP contribution in [-0.4, -0.2) is 28.4 Å². The Kier molecular flexibility index (Phi) is 4.05. The molecular weight excluding hydrogens is 318 g/mol. The second-order valence-electron chi connectivity index (χ2n) is 6.55. The van der Waals surface area contributed by atoms with Crippen LogP contribution in [-0.2, 0) is 11.3 Å². The molecule has 0 aliphatic carbocycles. The number of rotatable bonds is 4. The minimum Gasteiger partial charge on any atom is -0.450 e. The number of aromatic nitrogens is 2. The fourth-order valence-corrected chi connectivity index (χ4v) is 3.31. The van der Waals surface area contributed by atoms with E-state index in [1.54, 1.807) is 10.9 Å². The maximum Gasteiger partial charge on any atom is 0.291 e. The molecular formula is C19H21N3O3. The molecule has 6 heteroatoms. The number of carbonyl (C=O) groups is 1. The van der Waals surface area contributed by atoms with Gasteiger partial charge in [-0.15, -0.1) is 0 Å². The molecule has 3 aromatic rings. The lowest BCUT2D eigenvalue weighted by Crippen LogP contribution is -2.15. The van der Waals surface area contributed by atoms with E-state index < -0.39 is 0 Å². The Hall–Kier alpha value is -2.60. The second kappa shape index (κ2) is 6.37. The van der Waals surface area contributed by atoms with Crippen LogP contribution in [0.3, 0.4) is 0 Å². The van der Waals surface area contributed by atoms with Gasteiger partial charge in [-0.25, -0.2) is 0 Å². The molecule has 1 atom stereocenters. The van der Waals surface area contributed by atoms with Gasteiger partial charge in [0.25, 0.3) is 5.91 Å². The molecule has 1 N–H and O–H groups in total. The van der Waals surface area contributed by atoms with Crippen molar-refractivity contribution in [3.8, 4) is 0 Å². The van der Waals surface area contributed by atoms with Gasteiger partial charge < -0.3 is 14.5 Å². The van der Waals surface area contributed by atoms with Crippen LogP contribution >= 0.6 is 0 Å². The van der Waals surface area contributed by atoms with Crippen molar-refractivity contribution in [3.63, 3.8) is 0 Å². The molecule has 1 amide bonds. The van der Waals surface area contributed by atoms with Crippen molar-refractivity contribution >= 4 is 22.6 Å². The molecule has 25 heavy (non-hydrogen) atoms. The minimum atomic E-state index is -0.259. The number of nitrogens with zero attached hydrogens (tertiary/aromatic N) is 2. The summed E-state index contributed by atoms with van der Waals surface area (Å²) in [4.78, 5) is 12.6. The summed E-state index contributed by atoms with van der Waals surface area (Å²) < 4.78 is 13.2. The van der Waals surface area contributed by atoms with Crippen molar-refractivity contribution < 1.29 is 13.9 Å². The summed E-state index contributed by atoms with van der Waals surface area (Å²) in [5.41, 5.74) is 3.28. The lowest BCUT2D eigenvalue weighted by molar-refractivity contribution is 0.0940. The molecule has 0 radical (unpaired) electrons. The lowest BCUT2D eigenvalue weighted by atomic mass is 10.1. The first-order chi connectivity index (χ1) is 12.1. The van der Waals surface area contributed by atoms with Gasteiger partial charge in [-0.2, -0.15) is 5.10 Å². The molecule has 1 aliphatic rings. The highest BCUT2D eigenvalue weighted by Gasteiger charge is 2.20. The fraction of sp³-hybridized carbons (Fsp3) is 0.368. The maximum atomic E-state index is 12.6. The van der Waals surface area contributed by atoms with E-state index in [4.69, 9.17) is 9.15 Å². The zero-order valence-electron chi connectivity index (χ0n) is 14.4. The lowest BCUT2D eigenvalue weighted by Gasteiger charge is -2.08. The van der Waals surface area contributed by atoms with Gasteiger partial charge in [-0.3, -0.25) is 9.48 Å². The van der Waals surface area contributed by atoms with Gasteiger partial charge in [0.1, 0.15) is 5.58 Å². The normalized spacial score (nSPS) is 17.3. The third-order valence-electron chi connectivity index (χ3n) is 4.67. The summed E-state index contributed by atoms with van der Waals surface area (Å²) >= 11 is 0. The van der Waals surface area contributed by atoms with Gasteiger partial charge >= 0.3 is 0 Å². The Morgan fingerprint density at radius 3 is 3.04 bits per heavy atom. The van der Waals surface area contributed by atoms with Crippen LogP contribution in [0.2, 0.25) is 0 Å². The van der Waals surface area contributed by atoms with E-state index in [9.17, 15) is 4.79 Å². The largest absolute Gasteiger partial charge is 0.450 e. The highest BCUT2D eigenvalue weighted by atomic mass is 16.5. The van der Waals surface area contributed by atoms with E-state index in [0.717, 1.165) is 41.5 Å². The number of nitrogens with one attached hydrogen (secondary N) is 1. The molecule has 0 saturated carbocycles. The number of carbonyl (C=O) groups excluding carboxylic acids is 1. The van der Waals surface area contributed by atoms with Gasteiger partial charge in [0.2, 0.25) is 0 Å². The summed E-state index contributed by atoms with van der Waals surface area (Å²) in [6.07, 6.45) is 5.84. The zero-order chi connectivity index (χ0) is 17.4. The van der Waals surface area contributed by atoms with Crippen LogP contribution < -0.4 is 5.32 Å². The van der Waals surface area contributed by atoms with Crippen LogP contribution in [0, 0.1) is 13.8 Å². The topological polar surface area (TPSA) is 69.3 Å². The van der Waals surface area contributed by atoms with Crippen LogP contribution in [0.5, 0.6) is 0 Å². The fourth-order valence-electron chi connectivity index (χ4n) is 3.31.